The summed E-state index contributed by atoms with van der Waals surface area (Å²) in [5.41, 5.74) is 0.467. The molecule has 1 unspecified atom stereocenters. The van der Waals surface area contributed by atoms with Crippen molar-refractivity contribution >= 4 is 12.0 Å². The van der Waals surface area contributed by atoms with Gasteiger partial charge in [-0.1, -0.05) is 24.5 Å². The molecule has 1 heterocycles. The van der Waals surface area contributed by atoms with E-state index in [2.05, 4.69) is 26.9 Å². The molecule has 8 heteroatoms. The molecule has 20 heavy (non-hydrogen) atoms. The van der Waals surface area contributed by atoms with Crippen LogP contribution in [0.25, 0.3) is 0 Å². The minimum Gasteiger partial charge on any atom is -0.480 e. The number of carbonyl (C=O) groups excluding carboxylic acids is 1. The molecule has 108 valence electrons. The van der Waals surface area contributed by atoms with Gasteiger partial charge in [-0.15, -0.1) is 11.5 Å². The maximum atomic E-state index is 11.6. The van der Waals surface area contributed by atoms with E-state index in [1.165, 1.54) is 10.9 Å². The predicted octanol–water partition coefficient (Wildman–Crippen LogP) is -0.0362. The third kappa shape index (κ3) is 5.39. The van der Waals surface area contributed by atoms with Gasteiger partial charge in [-0.05, 0) is 6.42 Å². The monoisotopic (exact) mass is 279 g/mol. The van der Waals surface area contributed by atoms with Crippen molar-refractivity contribution in [3.05, 3.63) is 11.9 Å². The quantitative estimate of drug-likeness (QED) is 0.607. The van der Waals surface area contributed by atoms with Gasteiger partial charge >= 0.3 is 12.0 Å². The molecule has 0 spiro atoms. The second-order valence-electron chi connectivity index (χ2n) is 4.14. The zero-order chi connectivity index (χ0) is 15.0. The number of hydrogen-bond acceptors (Lipinski definition) is 4. The fourth-order valence-electron chi connectivity index (χ4n) is 1.50. The molecule has 3 N–H and O–H groups in total. The zero-order valence-corrected chi connectivity index (χ0v) is 11.2. The summed E-state index contributed by atoms with van der Waals surface area (Å²) in [4.78, 5) is 22.1. The smallest absolute Gasteiger partial charge is 0.325 e. The third-order valence-electron chi connectivity index (χ3n) is 2.40. The molecule has 2 amide bonds. The highest BCUT2D eigenvalue weighted by Gasteiger charge is 2.09. The fraction of sp³-hybridized carbons (Fsp3) is 0.500. The van der Waals surface area contributed by atoms with Crippen LogP contribution in [0.2, 0.25) is 0 Å². The number of nitrogens with zero attached hydrogens (tertiary/aromatic N) is 3. The number of amides is 2. The summed E-state index contributed by atoms with van der Waals surface area (Å²) in [6.45, 7) is 1.86. The molecule has 8 nitrogen and oxygen atoms in total. The highest BCUT2D eigenvalue weighted by atomic mass is 16.4. The molecule has 0 saturated carbocycles. The van der Waals surface area contributed by atoms with E-state index in [4.69, 9.17) is 11.5 Å². The lowest BCUT2D eigenvalue weighted by Crippen LogP contribution is -2.41. The molecule has 0 aromatic carbocycles. The second-order valence-corrected chi connectivity index (χ2v) is 4.14. The Morgan fingerprint density at radius 3 is 2.95 bits per heavy atom. The van der Waals surface area contributed by atoms with E-state index in [0.29, 0.717) is 12.1 Å². The fourth-order valence-corrected chi connectivity index (χ4v) is 1.50. The Bertz CT molecular complexity index is 505. The van der Waals surface area contributed by atoms with Crippen molar-refractivity contribution in [3.63, 3.8) is 0 Å². The van der Waals surface area contributed by atoms with Crippen molar-refractivity contribution < 1.29 is 14.7 Å². The van der Waals surface area contributed by atoms with Gasteiger partial charge in [0.05, 0.1) is 18.8 Å². The van der Waals surface area contributed by atoms with E-state index < -0.39 is 12.0 Å². The number of nitrogens with one attached hydrogen (secondary N) is 2. The Morgan fingerprint density at radius 2 is 2.35 bits per heavy atom. The summed E-state index contributed by atoms with van der Waals surface area (Å²) in [7, 11) is 0. The van der Waals surface area contributed by atoms with Gasteiger partial charge in [-0.25, -0.2) is 9.48 Å². The van der Waals surface area contributed by atoms with Gasteiger partial charge in [0.1, 0.15) is 12.2 Å². The highest BCUT2D eigenvalue weighted by Crippen LogP contribution is 1.95. The number of urea groups is 1. The number of carboxylic acids is 1. The van der Waals surface area contributed by atoms with E-state index in [9.17, 15) is 9.59 Å². The average molecular weight is 279 g/mol. The number of terminal acetylenes is 1. The molecule has 0 bridgehead atoms. The number of carbonyl (C=O) groups is 2. The molecule has 0 radical (unpaired) electrons. The first-order valence-corrected chi connectivity index (χ1v) is 6.16. The Labute approximate surface area is 116 Å². The van der Waals surface area contributed by atoms with Crippen molar-refractivity contribution in [1.82, 2.24) is 25.6 Å². The molecule has 0 aliphatic heterocycles. The van der Waals surface area contributed by atoms with Gasteiger partial charge < -0.3 is 15.7 Å². The summed E-state index contributed by atoms with van der Waals surface area (Å²) < 4.78 is 1.18. The number of rotatable bonds is 7. The maximum Gasteiger partial charge on any atom is 0.325 e. The molecule has 0 saturated heterocycles. The lowest BCUT2D eigenvalue weighted by Gasteiger charge is -2.12. The van der Waals surface area contributed by atoms with Crippen molar-refractivity contribution in [1.29, 1.82) is 0 Å². The van der Waals surface area contributed by atoms with E-state index >= 15 is 0 Å². The van der Waals surface area contributed by atoms with Gasteiger partial charge in [-0.3, -0.25) is 4.79 Å². The van der Waals surface area contributed by atoms with Gasteiger partial charge in [0.25, 0.3) is 0 Å². The van der Waals surface area contributed by atoms with Crippen LogP contribution in [0.3, 0.4) is 0 Å². The molecular formula is C12H17N5O3. The van der Waals surface area contributed by atoms with Crippen LogP contribution in [-0.4, -0.2) is 38.1 Å². The van der Waals surface area contributed by atoms with Crippen LogP contribution in [0.15, 0.2) is 6.20 Å². The summed E-state index contributed by atoms with van der Waals surface area (Å²) in [6, 6.07) is -0.697. The molecule has 1 rings (SSSR count). The van der Waals surface area contributed by atoms with Crippen LogP contribution in [0, 0.1) is 12.3 Å². The topological polar surface area (TPSA) is 109 Å². The largest absolute Gasteiger partial charge is 0.480 e. The Morgan fingerprint density at radius 1 is 1.60 bits per heavy atom. The van der Waals surface area contributed by atoms with E-state index in [0.717, 1.165) is 6.42 Å². The molecule has 0 aliphatic rings. The predicted molar refractivity (Wildman–Crippen MR) is 70.6 cm³/mol. The first-order valence-electron chi connectivity index (χ1n) is 6.16. The van der Waals surface area contributed by atoms with Crippen molar-refractivity contribution in [2.24, 2.45) is 0 Å². The Hall–Kier alpha value is -2.56. The normalized spacial score (nSPS) is 11.4. The Kier molecular flexibility index (Phi) is 6.03. The summed E-state index contributed by atoms with van der Waals surface area (Å²) in [6.07, 6.45) is 8.33. The lowest BCUT2D eigenvalue weighted by molar-refractivity contribution is -0.137. The van der Waals surface area contributed by atoms with Gasteiger partial charge in [-0.2, -0.15) is 0 Å². The first kappa shape index (κ1) is 15.5. The highest BCUT2D eigenvalue weighted by molar-refractivity contribution is 5.74. The second kappa shape index (κ2) is 7.78. The number of aromatic nitrogens is 3. The summed E-state index contributed by atoms with van der Waals surface area (Å²) >= 11 is 0. The third-order valence-corrected chi connectivity index (χ3v) is 2.40. The SMILES string of the molecule is C#CC(CCC)NC(=O)NCc1cn(CC(=O)O)nn1. The van der Waals surface area contributed by atoms with Gasteiger partial charge in [0.15, 0.2) is 0 Å². The minimum atomic E-state index is -1.01. The van der Waals surface area contributed by atoms with Crippen molar-refractivity contribution in [3.8, 4) is 12.3 Å². The van der Waals surface area contributed by atoms with Crippen LogP contribution in [-0.2, 0) is 17.9 Å². The number of aliphatic carboxylic acids is 1. The van der Waals surface area contributed by atoms with Crippen LogP contribution < -0.4 is 10.6 Å². The molecule has 1 aromatic rings. The average Bonchev–Trinajstić information content (AvgIpc) is 2.82. The van der Waals surface area contributed by atoms with Crippen LogP contribution >= 0.6 is 0 Å². The van der Waals surface area contributed by atoms with Gasteiger partial charge in [0, 0.05) is 0 Å². The molecular weight excluding hydrogens is 262 g/mol. The summed E-state index contributed by atoms with van der Waals surface area (Å²) in [5, 5.41) is 21.2. The molecule has 1 atom stereocenters. The van der Waals surface area contributed by atoms with Crippen LogP contribution in [0.1, 0.15) is 25.5 Å². The first-order chi connectivity index (χ1) is 9.55. The number of carboxylic acid groups (broad SMARTS) is 1. The maximum absolute atomic E-state index is 11.6. The van der Waals surface area contributed by atoms with Crippen LogP contribution in [0.5, 0.6) is 0 Å². The molecule has 0 fully saturated rings. The minimum absolute atomic E-state index is 0.148. The van der Waals surface area contributed by atoms with E-state index in [1.54, 1.807) is 0 Å². The Balaban J connectivity index is 2.39. The van der Waals surface area contributed by atoms with E-state index in [-0.39, 0.29) is 19.1 Å². The van der Waals surface area contributed by atoms with E-state index in [1.807, 2.05) is 6.92 Å². The molecule has 1 aromatic heterocycles. The number of hydrogen-bond donors (Lipinski definition) is 3. The standard InChI is InChI=1S/C12H17N5O3/c1-3-5-9(4-2)14-12(20)13-6-10-7-17(16-15-10)8-11(18)19/h2,7,9H,3,5-6,8H2,1H3,(H,18,19)(H2,13,14,20). The van der Waals surface area contributed by atoms with Gasteiger partial charge in [0.2, 0.25) is 0 Å². The van der Waals surface area contributed by atoms with Crippen molar-refractivity contribution in [2.45, 2.75) is 38.9 Å². The van der Waals surface area contributed by atoms with Crippen LogP contribution in [0.4, 0.5) is 4.79 Å². The summed E-state index contributed by atoms with van der Waals surface area (Å²) in [5.74, 6) is 1.48. The lowest BCUT2D eigenvalue weighted by atomic mass is 10.2. The van der Waals surface area contributed by atoms with Crippen molar-refractivity contribution in [2.75, 3.05) is 0 Å². The molecule has 0 aliphatic carbocycles. The zero-order valence-electron chi connectivity index (χ0n) is 11.2.